The Labute approximate surface area is 108 Å². The zero-order valence-electron chi connectivity index (χ0n) is 9.99. The molecule has 1 unspecified atom stereocenters. The second-order valence-electron chi connectivity index (χ2n) is 4.34. The van der Waals surface area contributed by atoms with Crippen molar-refractivity contribution >= 4 is 0 Å². The summed E-state index contributed by atoms with van der Waals surface area (Å²) in [5.41, 5.74) is 0.687. The van der Waals surface area contributed by atoms with Crippen LogP contribution in [0.3, 0.4) is 0 Å². The monoisotopic (exact) mass is 268 g/mol. The van der Waals surface area contributed by atoms with Gasteiger partial charge in [0, 0.05) is 0 Å². The van der Waals surface area contributed by atoms with Crippen LogP contribution in [0.1, 0.15) is 17.0 Å². The van der Waals surface area contributed by atoms with Gasteiger partial charge in [0.05, 0.1) is 5.92 Å². The molecule has 2 aromatic carbocycles. The lowest BCUT2D eigenvalue weighted by Gasteiger charge is -2.20. The minimum Gasteiger partial charge on any atom is -0.207 e. The lowest BCUT2D eigenvalue weighted by atomic mass is 9.91. The molecule has 0 radical (unpaired) electrons. The first kappa shape index (κ1) is 13.6. The van der Waals surface area contributed by atoms with E-state index in [1.807, 2.05) is 0 Å². The molecule has 0 aliphatic heterocycles. The molecule has 2 aromatic rings. The minimum atomic E-state index is -4.35. The summed E-state index contributed by atoms with van der Waals surface area (Å²) in [5, 5.41) is 0. The van der Waals surface area contributed by atoms with Gasteiger partial charge in [0.15, 0.2) is 0 Å². The number of benzene rings is 2. The molecular formula is C15H12F4. The lowest BCUT2D eigenvalue weighted by Crippen LogP contribution is -2.23. The summed E-state index contributed by atoms with van der Waals surface area (Å²) in [6.45, 7) is 0. The van der Waals surface area contributed by atoms with Crippen molar-refractivity contribution in [3.8, 4) is 0 Å². The van der Waals surface area contributed by atoms with E-state index in [1.54, 1.807) is 30.3 Å². The van der Waals surface area contributed by atoms with Crippen LogP contribution in [0.4, 0.5) is 17.6 Å². The van der Waals surface area contributed by atoms with E-state index in [1.165, 1.54) is 12.1 Å². The van der Waals surface area contributed by atoms with Crippen LogP contribution < -0.4 is 0 Å². The number of rotatable bonds is 3. The van der Waals surface area contributed by atoms with Crippen molar-refractivity contribution in [2.24, 2.45) is 0 Å². The topological polar surface area (TPSA) is 0 Å². The van der Waals surface area contributed by atoms with E-state index in [9.17, 15) is 17.6 Å². The molecule has 0 bridgehead atoms. The normalized spacial score (nSPS) is 13.3. The third-order valence-electron chi connectivity index (χ3n) is 2.95. The summed E-state index contributed by atoms with van der Waals surface area (Å²) < 4.78 is 52.1. The van der Waals surface area contributed by atoms with Crippen LogP contribution in [0.5, 0.6) is 0 Å². The average molecular weight is 268 g/mol. The number of halogens is 4. The Morgan fingerprint density at radius 3 is 1.95 bits per heavy atom. The smallest absolute Gasteiger partial charge is 0.207 e. The van der Waals surface area contributed by atoms with E-state index in [0.717, 1.165) is 12.1 Å². The summed E-state index contributed by atoms with van der Waals surface area (Å²) in [5.74, 6) is -2.15. The van der Waals surface area contributed by atoms with Gasteiger partial charge in [-0.15, -0.1) is 0 Å². The van der Waals surface area contributed by atoms with Gasteiger partial charge in [-0.05, 0) is 29.7 Å². The van der Waals surface area contributed by atoms with Crippen molar-refractivity contribution in [2.75, 3.05) is 0 Å². The highest BCUT2D eigenvalue weighted by Gasteiger charge is 2.40. The second kappa shape index (κ2) is 5.43. The van der Waals surface area contributed by atoms with Crippen LogP contribution in [0.2, 0.25) is 0 Å². The fourth-order valence-electron chi connectivity index (χ4n) is 1.97. The van der Waals surface area contributed by atoms with Crippen LogP contribution in [0, 0.1) is 5.82 Å². The van der Waals surface area contributed by atoms with Crippen LogP contribution in [-0.2, 0) is 6.42 Å². The van der Waals surface area contributed by atoms with E-state index in [4.69, 9.17) is 0 Å². The Balaban J connectivity index is 2.29. The fourth-order valence-corrected chi connectivity index (χ4v) is 1.97. The molecule has 0 spiro atoms. The van der Waals surface area contributed by atoms with Crippen molar-refractivity contribution in [3.05, 3.63) is 71.5 Å². The summed E-state index contributed by atoms with van der Waals surface area (Å²) in [6.07, 6.45) is -4.50. The van der Waals surface area contributed by atoms with E-state index in [-0.39, 0.29) is 12.0 Å². The highest BCUT2D eigenvalue weighted by atomic mass is 19.4. The van der Waals surface area contributed by atoms with E-state index in [0.29, 0.717) is 5.56 Å². The fraction of sp³-hybridized carbons (Fsp3) is 0.200. The molecule has 100 valence electrons. The van der Waals surface area contributed by atoms with Crippen molar-refractivity contribution in [2.45, 2.75) is 18.5 Å². The lowest BCUT2D eigenvalue weighted by molar-refractivity contribution is -0.150. The Morgan fingerprint density at radius 1 is 0.842 bits per heavy atom. The summed E-state index contributed by atoms with van der Waals surface area (Å²) >= 11 is 0. The average Bonchev–Trinajstić information content (AvgIpc) is 2.37. The molecule has 0 amide bonds. The molecule has 0 N–H and O–H groups in total. The summed E-state index contributed by atoms with van der Waals surface area (Å²) in [7, 11) is 0. The zero-order chi connectivity index (χ0) is 13.9. The van der Waals surface area contributed by atoms with Crippen LogP contribution in [0.25, 0.3) is 0 Å². The predicted octanol–water partition coefficient (Wildman–Crippen LogP) is 4.71. The van der Waals surface area contributed by atoms with Gasteiger partial charge in [0.2, 0.25) is 0 Å². The Hall–Kier alpha value is -1.84. The molecule has 0 aliphatic carbocycles. The molecular weight excluding hydrogens is 256 g/mol. The molecule has 0 aromatic heterocycles. The molecule has 0 saturated heterocycles. The quantitative estimate of drug-likeness (QED) is 0.707. The van der Waals surface area contributed by atoms with E-state index < -0.39 is 17.9 Å². The molecule has 0 fully saturated rings. The second-order valence-corrected chi connectivity index (χ2v) is 4.34. The molecule has 0 saturated carbocycles. The SMILES string of the molecule is Fc1ccc(C(Cc2ccccc2)C(F)(F)F)cc1. The maximum Gasteiger partial charge on any atom is 0.396 e. The van der Waals surface area contributed by atoms with Gasteiger partial charge < -0.3 is 0 Å². The van der Waals surface area contributed by atoms with Crippen LogP contribution in [-0.4, -0.2) is 6.18 Å². The van der Waals surface area contributed by atoms with E-state index in [2.05, 4.69) is 0 Å². The summed E-state index contributed by atoms with van der Waals surface area (Å²) in [6, 6.07) is 13.0. The highest BCUT2D eigenvalue weighted by Crippen LogP contribution is 2.37. The molecule has 0 aliphatic rings. The predicted molar refractivity (Wildman–Crippen MR) is 65.3 cm³/mol. The van der Waals surface area contributed by atoms with E-state index >= 15 is 0 Å². The molecule has 19 heavy (non-hydrogen) atoms. The molecule has 0 nitrogen and oxygen atoms in total. The van der Waals surface area contributed by atoms with Gasteiger partial charge in [-0.1, -0.05) is 42.5 Å². The van der Waals surface area contributed by atoms with Gasteiger partial charge >= 0.3 is 6.18 Å². The first-order valence-electron chi connectivity index (χ1n) is 5.83. The largest absolute Gasteiger partial charge is 0.396 e. The first-order chi connectivity index (χ1) is 8.97. The molecule has 4 heteroatoms. The molecule has 0 heterocycles. The van der Waals surface area contributed by atoms with Gasteiger partial charge in [-0.25, -0.2) is 4.39 Å². The van der Waals surface area contributed by atoms with Crippen molar-refractivity contribution in [1.29, 1.82) is 0 Å². The number of hydrogen-bond acceptors (Lipinski definition) is 0. The Kier molecular flexibility index (Phi) is 3.88. The minimum absolute atomic E-state index is 0.0813. The summed E-state index contributed by atoms with van der Waals surface area (Å²) in [4.78, 5) is 0. The molecule has 2 rings (SSSR count). The van der Waals surface area contributed by atoms with Crippen LogP contribution in [0.15, 0.2) is 54.6 Å². The maximum absolute atomic E-state index is 13.1. The number of hydrogen-bond donors (Lipinski definition) is 0. The van der Waals surface area contributed by atoms with Gasteiger partial charge in [0.25, 0.3) is 0 Å². The zero-order valence-corrected chi connectivity index (χ0v) is 9.99. The third kappa shape index (κ3) is 3.56. The standard InChI is InChI=1S/C15H12F4/c16-13-8-6-12(7-9-13)14(15(17,18)19)10-11-4-2-1-3-5-11/h1-9,14H,10H2. The molecule has 1 atom stereocenters. The Morgan fingerprint density at radius 2 is 1.42 bits per heavy atom. The third-order valence-corrected chi connectivity index (χ3v) is 2.95. The van der Waals surface area contributed by atoms with Gasteiger partial charge in [-0.3, -0.25) is 0 Å². The van der Waals surface area contributed by atoms with Crippen LogP contribution >= 0.6 is 0 Å². The van der Waals surface area contributed by atoms with Gasteiger partial charge in [0.1, 0.15) is 5.82 Å². The maximum atomic E-state index is 13.1. The Bertz CT molecular complexity index is 514. The van der Waals surface area contributed by atoms with Crippen molar-refractivity contribution in [3.63, 3.8) is 0 Å². The number of alkyl halides is 3. The van der Waals surface area contributed by atoms with Gasteiger partial charge in [-0.2, -0.15) is 13.2 Å². The highest BCUT2D eigenvalue weighted by molar-refractivity contribution is 5.26. The first-order valence-corrected chi connectivity index (χ1v) is 5.83. The van der Waals surface area contributed by atoms with Crippen molar-refractivity contribution < 1.29 is 17.6 Å². The van der Waals surface area contributed by atoms with Crippen molar-refractivity contribution in [1.82, 2.24) is 0 Å².